The third-order valence-corrected chi connectivity index (χ3v) is 8.25. The Bertz CT molecular complexity index is 1680. The largest absolute Gasteiger partial charge is 0.505 e. The minimum Gasteiger partial charge on any atom is -0.505 e. The first-order chi connectivity index (χ1) is 19.2. The Kier molecular flexibility index (Phi) is 7.53. The minimum absolute atomic E-state index is 0.000725. The number of phenolic OH excluding ortho intramolecular Hbond substituents is 1. The van der Waals surface area contributed by atoms with Gasteiger partial charge in [0.2, 0.25) is 0 Å². The van der Waals surface area contributed by atoms with E-state index in [0.717, 1.165) is 0 Å². The number of benzene rings is 4. The van der Waals surface area contributed by atoms with Gasteiger partial charge in [0.1, 0.15) is 11.4 Å². The second kappa shape index (κ2) is 11.1. The molecule has 0 aliphatic heterocycles. The summed E-state index contributed by atoms with van der Waals surface area (Å²) >= 11 is 5.91. The predicted octanol–water partition coefficient (Wildman–Crippen LogP) is 6.05. The number of allylic oxidation sites excluding steroid dienone is 2. The Labute approximate surface area is 236 Å². The van der Waals surface area contributed by atoms with Gasteiger partial charge in [-0.1, -0.05) is 84.4 Å². The average molecular weight is 574 g/mol. The Morgan fingerprint density at radius 1 is 0.850 bits per heavy atom. The van der Waals surface area contributed by atoms with Crippen LogP contribution in [0.4, 0.5) is 11.4 Å². The maximum atomic E-state index is 13.4. The lowest BCUT2D eigenvalue weighted by atomic mass is 9.86. The zero-order chi connectivity index (χ0) is 28.3. The van der Waals surface area contributed by atoms with Crippen LogP contribution in [0.1, 0.15) is 22.3 Å². The number of aromatic hydroxyl groups is 1. The van der Waals surface area contributed by atoms with E-state index in [9.17, 15) is 23.4 Å². The number of aliphatic hydroxyl groups is 1. The van der Waals surface area contributed by atoms with Crippen molar-refractivity contribution in [1.29, 1.82) is 0 Å². The number of anilines is 1. The summed E-state index contributed by atoms with van der Waals surface area (Å²) in [5.74, 6) is -1.21. The number of hydrogen-bond acceptors (Lipinski definition) is 6. The lowest BCUT2D eigenvalue weighted by Crippen LogP contribution is -2.35. The van der Waals surface area contributed by atoms with Crippen LogP contribution in [-0.2, 0) is 33.3 Å². The number of azo groups is 1. The summed E-state index contributed by atoms with van der Waals surface area (Å²) in [6, 6.07) is 23.7. The van der Waals surface area contributed by atoms with Gasteiger partial charge in [-0.25, -0.2) is 8.42 Å². The normalized spacial score (nSPS) is 13.2. The van der Waals surface area contributed by atoms with E-state index in [-0.39, 0.29) is 22.0 Å². The lowest BCUT2D eigenvalue weighted by molar-refractivity contribution is -0.133. The van der Waals surface area contributed by atoms with Gasteiger partial charge < -0.3 is 10.2 Å². The van der Waals surface area contributed by atoms with Crippen LogP contribution in [0.3, 0.4) is 0 Å². The highest BCUT2D eigenvalue weighted by Crippen LogP contribution is 2.41. The molecule has 202 valence electrons. The van der Waals surface area contributed by atoms with Crippen molar-refractivity contribution in [2.24, 2.45) is 10.2 Å². The molecule has 3 N–H and O–H groups in total. The van der Waals surface area contributed by atoms with Gasteiger partial charge in [0.25, 0.3) is 10.0 Å². The number of hydrogen-bond donors (Lipinski definition) is 3. The van der Waals surface area contributed by atoms with Crippen molar-refractivity contribution in [3.8, 4) is 5.75 Å². The first kappa shape index (κ1) is 27.3. The molecule has 0 radical (unpaired) electrons. The van der Waals surface area contributed by atoms with Crippen molar-refractivity contribution < 1.29 is 23.4 Å². The van der Waals surface area contributed by atoms with Crippen molar-refractivity contribution >= 4 is 38.9 Å². The van der Waals surface area contributed by atoms with Crippen molar-refractivity contribution in [2.75, 3.05) is 4.72 Å². The monoisotopic (exact) mass is 573 g/mol. The van der Waals surface area contributed by atoms with E-state index in [4.69, 9.17) is 11.6 Å². The lowest BCUT2D eigenvalue weighted by Gasteiger charge is -2.25. The smallest absolute Gasteiger partial charge is 0.305 e. The van der Waals surface area contributed by atoms with Crippen LogP contribution in [0.2, 0.25) is 5.02 Å². The highest BCUT2D eigenvalue weighted by Gasteiger charge is 2.40. The van der Waals surface area contributed by atoms with Gasteiger partial charge in [0.05, 0.1) is 10.6 Å². The molecule has 10 heteroatoms. The van der Waals surface area contributed by atoms with Gasteiger partial charge in [0.15, 0.2) is 5.60 Å². The first-order valence-electron chi connectivity index (χ1n) is 12.3. The number of carbonyl (C=O) groups excluding carboxylic acids is 1. The van der Waals surface area contributed by atoms with Crippen LogP contribution in [0.5, 0.6) is 5.75 Å². The third-order valence-electron chi connectivity index (χ3n) is 6.62. The number of carbonyl (C=O) groups is 1. The summed E-state index contributed by atoms with van der Waals surface area (Å²) in [7, 11) is -4.01. The van der Waals surface area contributed by atoms with E-state index in [2.05, 4.69) is 15.0 Å². The number of rotatable bonds is 7. The van der Waals surface area contributed by atoms with Crippen molar-refractivity contribution in [3.63, 3.8) is 0 Å². The van der Waals surface area contributed by atoms with Gasteiger partial charge in [-0.05, 0) is 59.9 Å². The fourth-order valence-electron chi connectivity index (χ4n) is 4.54. The Balaban J connectivity index is 1.55. The number of amides is 1. The minimum atomic E-state index is -4.01. The van der Waals surface area contributed by atoms with Crippen LogP contribution < -0.4 is 4.72 Å². The molecule has 0 aromatic heterocycles. The van der Waals surface area contributed by atoms with E-state index in [1.165, 1.54) is 30.3 Å². The summed E-state index contributed by atoms with van der Waals surface area (Å²) in [6.07, 6.45) is 4.41. The maximum absolute atomic E-state index is 13.4. The number of nitrogens with zero attached hydrogens (tertiary/aromatic N) is 2. The molecule has 0 bridgehead atoms. The second-order valence-corrected chi connectivity index (χ2v) is 11.3. The summed E-state index contributed by atoms with van der Waals surface area (Å²) in [5, 5.41) is 30.8. The molecule has 1 aliphatic rings. The highest BCUT2D eigenvalue weighted by atomic mass is 35.5. The van der Waals surface area contributed by atoms with Crippen molar-refractivity contribution in [3.05, 3.63) is 130 Å². The summed E-state index contributed by atoms with van der Waals surface area (Å²) in [5.41, 5.74) is -0.454. The van der Waals surface area contributed by atoms with Gasteiger partial charge in [-0.3, -0.25) is 9.52 Å². The molecule has 8 nitrogen and oxygen atoms in total. The van der Waals surface area contributed by atoms with Crippen molar-refractivity contribution in [1.82, 2.24) is 0 Å². The number of nitrogens with one attached hydrogen (secondary N) is 1. The molecular formula is C30H24ClN3O5S. The van der Waals surface area contributed by atoms with Crippen LogP contribution in [0.25, 0.3) is 0 Å². The van der Waals surface area contributed by atoms with Crippen molar-refractivity contribution in [2.45, 2.75) is 23.3 Å². The van der Waals surface area contributed by atoms with Gasteiger partial charge in [-0.2, -0.15) is 0 Å². The SMILES string of the molecule is O=C(N=Nc1cc(NS(=O)(=O)c2ccc(Cl)cc2)c2c(c1O)CC=CC2)C(O)(c1ccccc1)c1ccccc1. The van der Waals surface area contributed by atoms with Crippen LogP contribution in [0.15, 0.2) is 118 Å². The fourth-order valence-corrected chi connectivity index (χ4v) is 5.75. The fraction of sp³-hybridized carbons (Fsp3) is 0.100. The number of fused-ring (bicyclic) bond motifs is 1. The first-order valence-corrected chi connectivity index (χ1v) is 14.2. The molecule has 0 atom stereocenters. The van der Waals surface area contributed by atoms with E-state index >= 15 is 0 Å². The zero-order valence-corrected chi connectivity index (χ0v) is 22.6. The molecule has 4 aromatic carbocycles. The van der Waals surface area contributed by atoms with E-state index in [1.807, 2.05) is 12.2 Å². The molecule has 0 unspecified atom stereocenters. The standard InChI is InChI=1S/C30H24ClN3O5S/c31-22-15-17-23(18-16-22)40(38,39)34-26-19-27(28(35)25-14-8-7-13-24(25)26)32-33-29(36)30(37,20-9-3-1-4-10-20)21-11-5-2-6-12-21/h1-12,15-19,34-35,37H,13-14H2. The number of phenols is 1. The summed E-state index contributed by atoms with van der Waals surface area (Å²) in [4.78, 5) is 13.4. The van der Waals surface area contributed by atoms with E-state index in [1.54, 1.807) is 60.7 Å². The maximum Gasteiger partial charge on any atom is 0.305 e. The molecule has 5 rings (SSSR count). The molecule has 0 fully saturated rings. The quantitative estimate of drug-likeness (QED) is 0.141. The molecule has 1 amide bonds. The highest BCUT2D eigenvalue weighted by molar-refractivity contribution is 7.92. The zero-order valence-electron chi connectivity index (χ0n) is 21.0. The molecule has 0 spiro atoms. The Morgan fingerprint density at radius 3 is 1.98 bits per heavy atom. The van der Waals surface area contributed by atoms with Gasteiger partial charge in [-0.15, -0.1) is 10.2 Å². The van der Waals surface area contributed by atoms with Crippen LogP contribution in [-0.4, -0.2) is 24.5 Å². The molecule has 4 aromatic rings. The molecule has 0 saturated heterocycles. The number of halogens is 1. The molecule has 0 heterocycles. The van der Waals surface area contributed by atoms with Gasteiger partial charge in [0, 0.05) is 10.6 Å². The predicted molar refractivity (Wildman–Crippen MR) is 152 cm³/mol. The number of sulfonamides is 1. The summed E-state index contributed by atoms with van der Waals surface area (Å²) < 4.78 is 28.8. The van der Waals surface area contributed by atoms with Crippen LogP contribution >= 0.6 is 11.6 Å². The topological polar surface area (TPSA) is 128 Å². The summed E-state index contributed by atoms with van der Waals surface area (Å²) in [6.45, 7) is 0. The average Bonchev–Trinajstić information content (AvgIpc) is 2.98. The Morgan fingerprint density at radius 2 is 1.40 bits per heavy atom. The van der Waals surface area contributed by atoms with Gasteiger partial charge >= 0.3 is 5.91 Å². The third kappa shape index (κ3) is 5.27. The Hall–Kier alpha value is -4.31. The van der Waals surface area contributed by atoms with Crippen LogP contribution in [0, 0.1) is 0 Å². The molecule has 0 saturated carbocycles. The molecule has 1 aliphatic carbocycles. The molecule has 40 heavy (non-hydrogen) atoms. The van der Waals surface area contributed by atoms with E-state index < -0.39 is 21.5 Å². The molecular weight excluding hydrogens is 550 g/mol. The second-order valence-electron chi connectivity index (χ2n) is 9.14. The van der Waals surface area contributed by atoms with E-state index in [0.29, 0.717) is 40.1 Å².